The van der Waals surface area contributed by atoms with Gasteiger partial charge < -0.3 is 14.8 Å². The quantitative estimate of drug-likeness (QED) is 0.598. The van der Waals surface area contributed by atoms with Gasteiger partial charge >= 0.3 is 0 Å². The van der Waals surface area contributed by atoms with Crippen molar-refractivity contribution in [3.63, 3.8) is 0 Å². The third kappa shape index (κ3) is 4.20. The van der Waals surface area contributed by atoms with Crippen LogP contribution in [0.5, 0.6) is 0 Å². The van der Waals surface area contributed by atoms with E-state index in [4.69, 9.17) is 4.98 Å². The first-order chi connectivity index (χ1) is 12.2. The molecule has 0 aliphatic rings. The minimum atomic E-state index is 0.831. The van der Waals surface area contributed by atoms with E-state index in [1.165, 1.54) is 34.6 Å². The number of unbranched alkanes of at least 4 members (excludes halogenated alkanes) is 1. The molecule has 0 aliphatic heterocycles. The Kier molecular flexibility index (Phi) is 6.05. The summed E-state index contributed by atoms with van der Waals surface area (Å²) in [4.78, 5) is 6.93. The van der Waals surface area contributed by atoms with Gasteiger partial charge in [-0.1, -0.05) is 31.5 Å². The lowest BCUT2D eigenvalue weighted by Gasteiger charge is -2.10. The first kappa shape index (κ1) is 17.9. The minimum absolute atomic E-state index is 0.831. The lowest BCUT2D eigenvalue weighted by molar-refractivity contribution is 0.394. The van der Waals surface area contributed by atoms with Crippen LogP contribution >= 0.6 is 0 Å². The van der Waals surface area contributed by atoms with Crippen LogP contribution in [0, 0.1) is 0 Å². The number of fused-ring (bicyclic) bond motifs is 3. The van der Waals surface area contributed by atoms with Crippen LogP contribution in [-0.2, 0) is 13.1 Å². The van der Waals surface area contributed by atoms with Crippen molar-refractivity contribution in [2.45, 2.75) is 39.3 Å². The molecule has 134 valence electrons. The number of benzene rings is 1. The zero-order valence-electron chi connectivity index (χ0n) is 15.8. The van der Waals surface area contributed by atoms with Gasteiger partial charge in [-0.05, 0) is 52.2 Å². The highest BCUT2D eigenvalue weighted by Gasteiger charge is 2.11. The van der Waals surface area contributed by atoms with Gasteiger partial charge in [0.05, 0.1) is 17.4 Å². The molecular weight excluding hydrogens is 308 g/mol. The Labute approximate surface area is 150 Å². The van der Waals surface area contributed by atoms with Gasteiger partial charge in [-0.3, -0.25) is 4.98 Å². The highest BCUT2D eigenvalue weighted by molar-refractivity contribution is 6.07. The summed E-state index contributed by atoms with van der Waals surface area (Å²) in [7, 11) is 4.23. The molecule has 1 N–H and O–H groups in total. The van der Waals surface area contributed by atoms with E-state index in [0.717, 1.165) is 38.3 Å². The molecule has 0 saturated heterocycles. The molecule has 0 bridgehead atoms. The maximum atomic E-state index is 4.71. The average molecular weight is 338 g/mol. The summed E-state index contributed by atoms with van der Waals surface area (Å²) in [6.45, 7) is 6.27. The Bertz CT molecular complexity index is 819. The normalized spacial score (nSPS) is 11.8. The van der Waals surface area contributed by atoms with E-state index in [2.05, 4.69) is 72.3 Å². The first-order valence-corrected chi connectivity index (χ1v) is 9.42. The summed E-state index contributed by atoms with van der Waals surface area (Å²) >= 11 is 0. The van der Waals surface area contributed by atoms with Crippen molar-refractivity contribution in [1.29, 1.82) is 0 Å². The molecule has 3 aromatic rings. The molecule has 0 atom stereocenters. The van der Waals surface area contributed by atoms with E-state index in [0.29, 0.717) is 0 Å². The molecule has 0 saturated carbocycles. The predicted octanol–water partition coefficient (Wildman–Crippen LogP) is 4.03. The molecule has 0 unspecified atom stereocenters. The van der Waals surface area contributed by atoms with Gasteiger partial charge in [0.1, 0.15) is 0 Å². The molecule has 0 spiro atoms. The monoisotopic (exact) mass is 338 g/mol. The van der Waals surface area contributed by atoms with E-state index in [1.54, 1.807) is 0 Å². The van der Waals surface area contributed by atoms with Crippen molar-refractivity contribution in [3.05, 3.63) is 42.2 Å². The van der Waals surface area contributed by atoms with Crippen LogP contribution in [0.25, 0.3) is 21.8 Å². The number of hydrogen-bond acceptors (Lipinski definition) is 3. The van der Waals surface area contributed by atoms with Crippen LogP contribution in [0.1, 0.15) is 31.9 Å². The van der Waals surface area contributed by atoms with Gasteiger partial charge in [-0.15, -0.1) is 0 Å². The standard InChI is InChI=1S/C21H30N4/c1-4-5-13-25-20-10-7-6-9-18(20)19-14-17(23-16-21(19)25)15-22-11-8-12-24(2)3/h6-7,9-10,14,16,22H,4-5,8,11-13,15H2,1-3H3. The molecule has 4 heteroatoms. The van der Waals surface area contributed by atoms with Gasteiger partial charge in [0.25, 0.3) is 0 Å². The third-order valence-corrected chi connectivity index (χ3v) is 4.72. The molecule has 0 amide bonds. The lowest BCUT2D eigenvalue weighted by atomic mass is 10.1. The molecule has 4 nitrogen and oxygen atoms in total. The number of aryl methyl sites for hydroxylation is 1. The Balaban J connectivity index is 1.81. The minimum Gasteiger partial charge on any atom is -0.339 e. The summed E-state index contributed by atoms with van der Waals surface area (Å²) < 4.78 is 2.43. The highest BCUT2D eigenvalue weighted by atomic mass is 15.1. The molecule has 0 radical (unpaired) electrons. The molecule has 0 fully saturated rings. The number of nitrogens with one attached hydrogen (secondary N) is 1. The van der Waals surface area contributed by atoms with Crippen molar-refractivity contribution in [2.24, 2.45) is 0 Å². The summed E-state index contributed by atoms with van der Waals surface area (Å²) in [5.74, 6) is 0. The average Bonchev–Trinajstić information content (AvgIpc) is 2.93. The van der Waals surface area contributed by atoms with Crippen molar-refractivity contribution in [2.75, 3.05) is 27.2 Å². The van der Waals surface area contributed by atoms with Gasteiger partial charge in [-0.25, -0.2) is 0 Å². The van der Waals surface area contributed by atoms with Crippen LogP contribution in [0.3, 0.4) is 0 Å². The van der Waals surface area contributed by atoms with Gasteiger partial charge in [-0.2, -0.15) is 0 Å². The zero-order chi connectivity index (χ0) is 17.6. The Morgan fingerprint density at radius 3 is 2.72 bits per heavy atom. The van der Waals surface area contributed by atoms with Crippen LogP contribution in [0.15, 0.2) is 36.5 Å². The lowest BCUT2D eigenvalue weighted by Crippen LogP contribution is -2.21. The smallest absolute Gasteiger partial charge is 0.0678 e. The largest absolute Gasteiger partial charge is 0.339 e. The van der Waals surface area contributed by atoms with Crippen molar-refractivity contribution < 1.29 is 0 Å². The molecule has 1 aromatic carbocycles. The number of nitrogens with zero attached hydrogens (tertiary/aromatic N) is 3. The molecule has 0 aliphatic carbocycles. The molecule has 2 heterocycles. The second kappa shape index (κ2) is 8.45. The van der Waals surface area contributed by atoms with Crippen molar-refractivity contribution in [3.8, 4) is 0 Å². The fourth-order valence-electron chi connectivity index (χ4n) is 3.38. The van der Waals surface area contributed by atoms with Gasteiger partial charge in [0.2, 0.25) is 0 Å². The number of rotatable bonds is 9. The Hall–Kier alpha value is -1.91. The Morgan fingerprint density at radius 1 is 1.08 bits per heavy atom. The third-order valence-electron chi connectivity index (χ3n) is 4.72. The topological polar surface area (TPSA) is 33.1 Å². The van der Waals surface area contributed by atoms with Crippen LogP contribution in [0.4, 0.5) is 0 Å². The molecule has 25 heavy (non-hydrogen) atoms. The van der Waals surface area contributed by atoms with Crippen molar-refractivity contribution >= 4 is 21.8 Å². The predicted molar refractivity (Wildman–Crippen MR) is 107 cm³/mol. The molecular formula is C21H30N4. The maximum Gasteiger partial charge on any atom is 0.0678 e. The number of aromatic nitrogens is 2. The number of para-hydroxylation sites is 1. The number of pyridine rings is 1. The van der Waals surface area contributed by atoms with E-state index < -0.39 is 0 Å². The van der Waals surface area contributed by atoms with Crippen LogP contribution in [-0.4, -0.2) is 41.6 Å². The van der Waals surface area contributed by atoms with Crippen LogP contribution < -0.4 is 5.32 Å². The van der Waals surface area contributed by atoms with Gasteiger partial charge in [0.15, 0.2) is 0 Å². The van der Waals surface area contributed by atoms with E-state index in [-0.39, 0.29) is 0 Å². The van der Waals surface area contributed by atoms with Crippen molar-refractivity contribution in [1.82, 2.24) is 19.8 Å². The summed E-state index contributed by atoms with van der Waals surface area (Å²) in [6, 6.07) is 11.0. The fourth-order valence-corrected chi connectivity index (χ4v) is 3.38. The summed E-state index contributed by atoms with van der Waals surface area (Å²) in [5.41, 5.74) is 3.70. The second-order valence-corrected chi connectivity index (χ2v) is 7.05. The van der Waals surface area contributed by atoms with E-state index in [1.807, 2.05) is 0 Å². The van der Waals surface area contributed by atoms with Crippen LogP contribution in [0.2, 0.25) is 0 Å². The SMILES string of the molecule is CCCCn1c2ccccc2c2cc(CNCCCN(C)C)ncc21. The summed E-state index contributed by atoms with van der Waals surface area (Å²) in [5, 5.41) is 6.18. The second-order valence-electron chi connectivity index (χ2n) is 7.05. The Morgan fingerprint density at radius 2 is 1.92 bits per heavy atom. The molecule has 2 aromatic heterocycles. The van der Waals surface area contributed by atoms with E-state index in [9.17, 15) is 0 Å². The van der Waals surface area contributed by atoms with E-state index >= 15 is 0 Å². The first-order valence-electron chi connectivity index (χ1n) is 9.42. The maximum absolute atomic E-state index is 4.71. The number of hydrogen-bond donors (Lipinski definition) is 1. The zero-order valence-corrected chi connectivity index (χ0v) is 15.8. The van der Waals surface area contributed by atoms with Gasteiger partial charge in [0, 0.05) is 29.4 Å². The summed E-state index contributed by atoms with van der Waals surface area (Å²) in [6.07, 6.45) is 5.62. The highest BCUT2D eigenvalue weighted by Crippen LogP contribution is 2.29. The molecule has 3 rings (SSSR count). The fraction of sp³-hybridized carbons (Fsp3) is 0.476.